The molecule has 5 aromatic rings. The Kier molecular flexibility index (Phi) is 10.3. The Morgan fingerprint density at radius 1 is 1.02 bits per heavy atom. The molecule has 0 saturated heterocycles. The Hall–Kier alpha value is -6.16. The lowest BCUT2D eigenvalue weighted by atomic mass is 10.0. The maximum atomic E-state index is 13.8. The summed E-state index contributed by atoms with van der Waals surface area (Å²) >= 11 is 0. The molecule has 0 aliphatic carbocycles. The Morgan fingerprint density at radius 2 is 1.78 bits per heavy atom. The van der Waals surface area contributed by atoms with Gasteiger partial charge in [-0.1, -0.05) is 47.6 Å². The van der Waals surface area contributed by atoms with Crippen molar-refractivity contribution in [1.82, 2.24) is 46.2 Å². The van der Waals surface area contributed by atoms with Gasteiger partial charge in [-0.3, -0.25) is 19.2 Å². The van der Waals surface area contributed by atoms with Crippen LogP contribution in [-0.4, -0.2) is 85.5 Å². The minimum Gasteiger partial charge on any atom is -0.492 e. The van der Waals surface area contributed by atoms with E-state index in [1.54, 1.807) is 51.1 Å². The molecule has 4 amide bonds. The quantitative estimate of drug-likeness (QED) is 0.181. The first kappa shape index (κ1) is 34.7. The summed E-state index contributed by atoms with van der Waals surface area (Å²) in [7, 11) is 0. The third-order valence-corrected chi connectivity index (χ3v) is 8.26. The number of rotatable bonds is 4. The van der Waals surface area contributed by atoms with Crippen molar-refractivity contribution in [3.05, 3.63) is 89.0 Å². The second-order valence-corrected chi connectivity index (χ2v) is 12.1. The lowest BCUT2D eigenvalue weighted by Crippen LogP contribution is -2.56. The van der Waals surface area contributed by atoms with Gasteiger partial charge in [-0.25, -0.2) is 14.6 Å². The lowest BCUT2D eigenvalue weighted by molar-refractivity contribution is -0.131. The van der Waals surface area contributed by atoms with Gasteiger partial charge in [0.2, 0.25) is 17.7 Å². The van der Waals surface area contributed by atoms with Gasteiger partial charge in [0.05, 0.1) is 35.8 Å². The normalized spacial score (nSPS) is 19.0. The molecule has 0 spiro atoms. The molecule has 0 saturated carbocycles. The fraction of sp³-hybridized carbons (Fsp3) is 0.314. The monoisotopic (exact) mass is 695 g/mol. The highest BCUT2D eigenvalue weighted by atomic mass is 16.5. The van der Waals surface area contributed by atoms with Crippen LogP contribution in [0.1, 0.15) is 46.1 Å². The number of aromatic nitrogens is 5. The Morgan fingerprint density at radius 3 is 2.53 bits per heavy atom. The first-order chi connectivity index (χ1) is 24.6. The summed E-state index contributed by atoms with van der Waals surface area (Å²) in [5.74, 6) is -1.20. The standard InChI is InChI=1S/C35H37N9O7/c1-19-15-25(29-20(2)43-51-35(29)37-19)32(47)39-26-16-22-9-11-24(12-10-22)50-14-13-36-28(46)17-44-31(41-30(42-44)23-7-5-4-6-8-23)21(3)38-34(49)27(18-45)40-33(26)48/h4-12,15,21,26-27,45H,13-14,16-18H2,1-3H3,(H,36,46)(H,38,49)(H,39,47)(H,40,48)/t21-,26-,27-/m0/s1. The summed E-state index contributed by atoms with van der Waals surface area (Å²) in [5, 5.41) is 30.1. The third-order valence-electron chi connectivity index (χ3n) is 8.26. The minimum atomic E-state index is -1.40. The molecule has 0 radical (unpaired) electrons. The van der Waals surface area contributed by atoms with Crippen LogP contribution in [0.5, 0.6) is 5.75 Å². The number of fused-ring (bicyclic) bond motifs is 15. The molecule has 2 aromatic carbocycles. The highest BCUT2D eigenvalue weighted by Crippen LogP contribution is 2.23. The number of amides is 4. The topological polar surface area (TPSA) is 215 Å². The van der Waals surface area contributed by atoms with Crippen LogP contribution in [0.25, 0.3) is 22.5 Å². The van der Waals surface area contributed by atoms with Crippen molar-refractivity contribution < 1.29 is 33.5 Å². The number of hydrogen-bond acceptors (Lipinski definition) is 11. The fourth-order valence-corrected chi connectivity index (χ4v) is 5.70. The minimum absolute atomic E-state index is 0.0330. The van der Waals surface area contributed by atoms with Crippen molar-refractivity contribution in [1.29, 1.82) is 0 Å². The third kappa shape index (κ3) is 8.02. The van der Waals surface area contributed by atoms with E-state index in [9.17, 15) is 24.3 Å². The van der Waals surface area contributed by atoms with Gasteiger partial charge in [-0.15, -0.1) is 0 Å². The lowest BCUT2D eigenvalue weighted by Gasteiger charge is -2.24. The number of ether oxygens (including phenoxy) is 1. The van der Waals surface area contributed by atoms with Gasteiger partial charge < -0.3 is 35.6 Å². The van der Waals surface area contributed by atoms with Crippen LogP contribution in [0, 0.1) is 13.8 Å². The van der Waals surface area contributed by atoms with E-state index in [-0.39, 0.29) is 49.1 Å². The predicted molar refractivity (Wildman–Crippen MR) is 182 cm³/mol. The van der Waals surface area contributed by atoms with Gasteiger partial charge in [-0.05, 0) is 44.5 Å². The van der Waals surface area contributed by atoms with Gasteiger partial charge in [0.15, 0.2) is 5.82 Å². The first-order valence-electron chi connectivity index (χ1n) is 16.3. The van der Waals surface area contributed by atoms with Crippen molar-refractivity contribution in [2.24, 2.45) is 0 Å². The molecule has 2 aliphatic heterocycles. The smallest absolute Gasteiger partial charge is 0.258 e. The largest absolute Gasteiger partial charge is 0.492 e. The highest BCUT2D eigenvalue weighted by Gasteiger charge is 2.30. The average Bonchev–Trinajstić information content (AvgIpc) is 3.71. The van der Waals surface area contributed by atoms with E-state index in [0.717, 1.165) is 0 Å². The van der Waals surface area contributed by atoms with Crippen molar-refractivity contribution in [2.75, 3.05) is 19.8 Å². The number of benzene rings is 2. The molecule has 5 heterocycles. The molecule has 16 nitrogen and oxygen atoms in total. The number of nitrogens with one attached hydrogen (secondary N) is 4. The maximum absolute atomic E-state index is 13.8. The van der Waals surface area contributed by atoms with Crippen LogP contribution in [0.2, 0.25) is 0 Å². The van der Waals surface area contributed by atoms with Crippen LogP contribution < -0.4 is 26.0 Å². The summed E-state index contributed by atoms with van der Waals surface area (Å²) in [5.41, 5.74) is 2.75. The molecule has 3 aromatic heterocycles. The summed E-state index contributed by atoms with van der Waals surface area (Å²) in [6.45, 7) is 4.49. The van der Waals surface area contributed by atoms with E-state index >= 15 is 0 Å². The van der Waals surface area contributed by atoms with Gasteiger partial charge in [0.1, 0.15) is 36.8 Å². The van der Waals surface area contributed by atoms with Crippen molar-refractivity contribution in [2.45, 2.75) is 51.9 Å². The zero-order valence-electron chi connectivity index (χ0n) is 28.2. The summed E-state index contributed by atoms with van der Waals surface area (Å²) in [4.78, 5) is 62.9. The predicted octanol–water partition coefficient (Wildman–Crippen LogP) is 1.30. The molecule has 5 N–H and O–H groups in total. The van der Waals surface area contributed by atoms with Crippen LogP contribution >= 0.6 is 0 Å². The number of pyridine rings is 1. The molecule has 0 fully saturated rings. The Bertz CT molecular complexity index is 2060. The zero-order chi connectivity index (χ0) is 36.1. The Labute approximate surface area is 292 Å². The molecule has 3 atom stereocenters. The number of carbonyl (C=O) groups is 4. The van der Waals surface area contributed by atoms with Crippen LogP contribution in [-0.2, 0) is 27.3 Å². The molecule has 7 rings (SSSR count). The zero-order valence-corrected chi connectivity index (χ0v) is 28.2. The van der Waals surface area contributed by atoms with Crippen molar-refractivity contribution >= 4 is 34.7 Å². The van der Waals surface area contributed by atoms with Crippen molar-refractivity contribution in [3.63, 3.8) is 0 Å². The molecule has 16 heteroatoms. The van der Waals surface area contributed by atoms with E-state index in [1.807, 2.05) is 30.3 Å². The molecule has 264 valence electrons. The number of aliphatic hydroxyl groups excluding tert-OH is 1. The number of carbonyl (C=O) groups excluding carboxylic acids is 4. The van der Waals surface area contributed by atoms with Gasteiger partial charge in [0, 0.05) is 17.7 Å². The SMILES string of the molecule is Cc1cc(C(=O)N[C@H]2Cc3ccc(cc3)OCCNC(=O)Cn3nc(-c4ccccc4)nc3[C@H](C)NC(=O)[C@H](CO)NC2=O)c2c(C)noc2n1. The highest BCUT2D eigenvalue weighted by molar-refractivity contribution is 6.07. The van der Waals surface area contributed by atoms with E-state index < -0.39 is 42.5 Å². The van der Waals surface area contributed by atoms with Crippen molar-refractivity contribution in [3.8, 4) is 17.1 Å². The van der Waals surface area contributed by atoms with Gasteiger partial charge in [0.25, 0.3) is 11.6 Å². The van der Waals surface area contributed by atoms with Gasteiger partial charge >= 0.3 is 0 Å². The molecule has 0 unspecified atom stereocenters. The van der Waals surface area contributed by atoms with Gasteiger partial charge in [-0.2, -0.15) is 5.10 Å². The Balaban J connectivity index is 1.30. The fourth-order valence-electron chi connectivity index (χ4n) is 5.70. The van der Waals surface area contributed by atoms with Crippen LogP contribution in [0.4, 0.5) is 0 Å². The summed E-state index contributed by atoms with van der Waals surface area (Å²) in [6.07, 6.45) is 0.0330. The van der Waals surface area contributed by atoms with Crippen LogP contribution in [0.3, 0.4) is 0 Å². The summed E-state index contributed by atoms with van der Waals surface area (Å²) < 4.78 is 12.5. The average molecular weight is 696 g/mol. The second kappa shape index (κ2) is 15.2. The maximum Gasteiger partial charge on any atom is 0.258 e. The van der Waals surface area contributed by atoms with E-state index in [0.29, 0.717) is 39.5 Å². The first-order valence-corrected chi connectivity index (χ1v) is 16.3. The van der Waals surface area contributed by atoms with E-state index in [4.69, 9.17) is 9.26 Å². The molecular weight excluding hydrogens is 658 g/mol. The number of nitrogens with zero attached hydrogens (tertiary/aromatic N) is 5. The molecule has 51 heavy (non-hydrogen) atoms. The van der Waals surface area contributed by atoms with E-state index in [2.05, 4.69) is 41.5 Å². The molecular formula is C35H37N9O7. The van der Waals surface area contributed by atoms with E-state index in [1.165, 1.54) is 4.68 Å². The summed E-state index contributed by atoms with van der Waals surface area (Å²) in [6, 6.07) is 14.3. The molecule has 2 bridgehead atoms. The van der Waals surface area contributed by atoms with Crippen LogP contribution in [0.15, 0.2) is 65.2 Å². The second-order valence-electron chi connectivity index (χ2n) is 12.1. The number of aliphatic hydroxyl groups is 1. The molecule has 2 aliphatic rings. The number of hydrogen-bond donors (Lipinski definition) is 5. The number of aryl methyl sites for hydroxylation is 2.